The van der Waals surface area contributed by atoms with Gasteiger partial charge in [-0.25, -0.2) is 8.78 Å². The lowest BCUT2D eigenvalue weighted by Crippen LogP contribution is -2.59. The summed E-state index contributed by atoms with van der Waals surface area (Å²) in [6.07, 6.45) is 0.101. The number of aliphatic hydroxyl groups excluding tert-OH is 1. The van der Waals surface area contributed by atoms with E-state index in [1.807, 2.05) is 12.1 Å². The molecule has 1 aliphatic rings. The smallest absolute Gasteiger partial charge is 0.238 e. The fourth-order valence-corrected chi connectivity index (χ4v) is 3.85. The zero-order valence-corrected chi connectivity index (χ0v) is 18.3. The lowest BCUT2D eigenvalue weighted by atomic mass is 10.00. The molecule has 174 valence electrons. The molecule has 1 heterocycles. The molecule has 0 aliphatic carbocycles. The van der Waals surface area contributed by atoms with Gasteiger partial charge in [-0.2, -0.15) is 0 Å². The maximum absolute atomic E-state index is 13.7. The predicted octanol–water partition coefficient (Wildman–Crippen LogP) is 1.27. The molecule has 3 rings (SSSR count). The van der Waals surface area contributed by atoms with E-state index in [1.54, 1.807) is 0 Å². The van der Waals surface area contributed by atoms with Gasteiger partial charge >= 0.3 is 0 Å². The Hall–Kier alpha value is -2.39. The number of carbonyl (C=O) groups excluding carboxylic acids is 1. The lowest BCUT2D eigenvalue weighted by molar-refractivity contribution is -0.124. The van der Waals surface area contributed by atoms with Crippen LogP contribution >= 0.6 is 0 Å². The Morgan fingerprint density at radius 2 is 1.88 bits per heavy atom. The summed E-state index contributed by atoms with van der Waals surface area (Å²) in [6.45, 7) is 4.80. The van der Waals surface area contributed by atoms with Gasteiger partial charge in [0.1, 0.15) is 11.6 Å². The molecule has 0 bridgehead atoms. The van der Waals surface area contributed by atoms with Crippen LogP contribution in [0.1, 0.15) is 23.6 Å². The molecule has 1 fully saturated rings. The highest BCUT2D eigenvalue weighted by Crippen LogP contribution is 2.12. The van der Waals surface area contributed by atoms with Crippen molar-refractivity contribution in [3.8, 4) is 0 Å². The van der Waals surface area contributed by atoms with Crippen molar-refractivity contribution in [1.82, 2.24) is 21.3 Å². The summed E-state index contributed by atoms with van der Waals surface area (Å²) in [7, 11) is 0. The highest BCUT2D eigenvalue weighted by atomic mass is 19.1. The van der Waals surface area contributed by atoms with Crippen molar-refractivity contribution in [3.63, 3.8) is 0 Å². The molecule has 5 N–H and O–H groups in total. The van der Waals surface area contributed by atoms with Crippen LogP contribution in [0.5, 0.6) is 0 Å². The number of nitrogens with one attached hydrogen (secondary N) is 4. The number of aryl methyl sites for hydroxylation is 1. The van der Waals surface area contributed by atoms with Gasteiger partial charge in [0, 0.05) is 38.8 Å². The van der Waals surface area contributed by atoms with Gasteiger partial charge in [-0.3, -0.25) is 4.79 Å². The average molecular weight is 447 g/mol. The van der Waals surface area contributed by atoms with Crippen molar-refractivity contribution in [2.75, 3.05) is 26.2 Å². The minimum Gasteiger partial charge on any atom is -0.390 e. The van der Waals surface area contributed by atoms with Gasteiger partial charge < -0.3 is 26.4 Å². The number of benzene rings is 2. The molecule has 0 aromatic heterocycles. The molecule has 2 aromatic rings. The molecule has 0 radical (unpaired) electrons. The third-order valence-corrected chi connectivity index (χ3v) is 5.61. The molecule has 32 heavy (non-hydrogen) atoms. The number of carbonyl (C=O) groups is 1. The Kier molecular flexibility index (Phi) is 9.11. The average Bonchev–Trinajstić information content (AvgIpc) is 2.78. The van der Waals surface area contributed by atoms with E-state index in [4.69, 9.17) is 0 Å². The first-order valence-corrected chi connectivity index (χ1v) is 11.1. The van der Waals surface area contributed by atoms with Crippen LogP contribution in [-0.2, 0) is 24.2 Å². The molecule has 3 atom stereocenters. The van der Waals surface area contributed by atoms with Crippen LogP contribution in [0.15, 0.2) is 42.5 Å². The van der Waals surface area contributed by atoms with E-state index >= 15 is 0 Å². The SMILES string of the molecule is CCc1cccc(CNC[C@@H](O)[C@H](Cc2cc(F)cc(F)c2)NC(=O)C2CNCCN2)c1. The van der Waals surface area contributed by atoms with Crippen molar-refractivity contribution >= 4 is 5.91 Å². The molecular weight excluding hydrogens is 414 g/mol. The van der Waals surface area contributed by atoms with Crippen LogP contribution in [0.4, 0.5) is 8.78 Å². The van der Waals surface area contributed by atoms with Gasteiger partial charge in [-0.05, 0) is 41.7 Å². The highest BCUT2D eigenvalue weighted by molar-refractivity contribution is 5.82. The predicted molar refractivity (Wildman–Crippen MR) is 120 cm³/mol. The molecule has 1 unspecified atom stereocenters. The number of hydrogen-bond donors (Lipinski definition) is 5. The first-order valence-electron chi connectivity index (χ1n) is 11.1. The first kappa shape index (κ1) is 24.3. The number of piperazine rings is 1. The third kappa shape index (κ3) is 7.34. The zero-order valence-electron chi connectivity index (χ0n) is 18.3. The van der Waals surface area contributed by atoms with Crippen molar-refractivity contribution in [3.05, 3.63) is 70.8 Å². The number of rotatable bonds is 10. The Bertz CT molecular complexity index is 870. The largest absolute Gasteiger partial charge is 0.390 e. The van der Waals surface area contributed by atoms with Crippen LogP contribution in [-0.4, -0.2) is 55.4 Å². The lowest BCUT2D eigenvalue weighted by Gasteiger charge is -2.29. The fourth-order valence-electron chi connectivity index (χ4n) is 3.85. The van der Waals surface area contributed by atoms with E-state index in [1.165, 1.54) is 17.7 Å². The summed E-state index contributed by atoms with van der Waals surface area (Å²) >= 11 is 0. The van der Waals surface area contributed by atoms with E-state index in [0.29, 0.717) is 25.2 Å². The van der Waals surface area contributed by atoms with E-state index in [2.05, 4.69) is 40.3 Å². The minimum atomic E-state index is -0.948. The summed E-state index contributed by atoms with van der Waals surface area (Å²) in [6, 6.07) is 10.3. The third-order valence-electron chi connectivity index (χ3n) is 5.61. The summed E-state index contributed by atoms with van der Waals surface area (Å²) in [5.74, 6) is -1.63. The Morgan fingerprint density at radius 1 is 1.12 bits per heavy atom. The number of aliphatic hydroxyl groups is 1. The maximum atomic E-state index is 13.7. The molecule has 8 heteroatoms. The Morgan fingerprint density at radius 3 is 2.56 bits per heavy atom. The molecular formula is C24H32F2N4O2. The monoisotopic (exact) mass is 446 g/mol. The molecule has 0 saturated carbocycles. The molecule has 1 aliphatic heterocycles. The summed E-state index contributed by atoms with van der Waals surface area (Å²) in [5.41, 5.74) is 2.70. The van der Waals surface area contributed by atoms with Gasteiger partial charge in [-0.15, -0.1) is 0 Å². The summed E-state index contributed by atoms with van der Waals surface area (Å²) in [5, 5.41) is 23.2. The maximum Gasteiger partial charge on any atom is 0.238 e. The molecule has 1 amide bonds. The quantitative estimate of drug-likeness (QED) is 0.380. The topological polar surface area (TPSA) is 85.4 Å². The minimum absolute atomic E-state index is 0.106. The Balaban J connectivity index is 1.64. The van der Waals surface area contributed by atoms with Crippen LogP contribution in [0.25, 0.3) is 0 Å². The van der Waals surface area contributed by atoms with E-state index in [9.17, 15) is 18.7 Å². The molecule has 2 aromatic carbocycles. The Labute approximate surface area is 187 Å². The number of halogens is 2. The molecule has 0 spiro atoms. The van der Waals surface area contributed by atoms with Crippen molar-refractivity contribution in [1.29, 1.82) is 0 Å². The second kappa shape index (κ2) is 12.0. The van der Waals surface area contributed by atoms with Crippen LogP contribution in [0.2, 0.25) is 0 Å². The van der Waals surface area contributed by atoms with Gasteiger partial charge in [0.2, 0.25) is 5.91 Å². The number of amides is 1. The second-order valence-corrected chi connectivity index (χ2v) is 8.18. The van der Waals surface area contributed by atoms with Gasteiger partial charge in [-0.1, -0.05) is 31.2 Å². The number of hydrogen-bond acceptors (Lipinski definition) is 5. The van der Waals surface area contributed by atoms with E-state index in [-0.39, 0.29) is 18.9 Å². The normalized spacial score (nSPS) is 18.2. The summed E-state index contributed by atoms with van der Waals surface area (Å²) < 4.78 is 27.3. The molecule has 1 saturated heterocycles. The fraction of sp³-hybridized carbons (Fsp3) is 0.458. The highest BCUT2D eigenvalue weighted by Gasteiger charge is 2.27. The zero-order chi connectivity index (χ0) is 22.9. The standard InChI is InChI=1S/C24H32F2N4O2/c1-2-16-4-3-5-17(8-16)13-28-15-23(31)21(11-18-9-19(25)12-20(26)10-18)30-24(32)22-14-27-6-7-29-22/h3-5,8-10,12,21-23,27-29,31H,2,6-7,11,13-15H2,1H3,(H,30,32)/t21-,22?,23+/m0/s1. The van der Waals surface area contributed by atoms with Crippen molar-refractivity contribution in [2.24, 2.45) is 0 Å². The van der Waals surface area contributed by atoms with Crippen molar-refractivity contribution < 1.29 is 18.7 Å². The summed E-state index contributed by atoms with van der Waals surface area (Å²) in [4.78, 5) is 12.7. The van der Waals surface area contributed by atoms with E-state index < -0.39 is 29.8 Å². The van der Waals surface area contributed by atoms with Crippen LogP contribution < -0.4 is 21.3 Å². The van der Waals surface area contributed by atoms with Gasteiger partial charge in [0.15, 0.2) is 0 Å². The molecule has 6 nitrogen and oxygen atoms in total. The van der Waals surface area contributed by atoms with Gasteiger partial charge in [0.25, 0.3) is 0 Å². The van der Waals surface area contributed by atoms with E-state index in [0.717, 1.165) is 24.6 Å². The van der Waals surface area contributed by atoms with Crippen molar-refractivity contribution in [2.45, 2.75) is 44.5 Å². The van der Waals surface area contributed by atoms with Crippen LogP contribution in [0, 0.1) is 11.6 Å². The second-order valence-electron chi connectivity index (χ2n) is 8.18. The van der Waals surface area contributed by atoms with Crippen LogP contribution in [0.3, 0.4) is 0 Å². The first-order chi connectivity index (χ1) is 15.4. The van der Waals surface area contributed by atoms with Gasteiger partial charge in [0.05, 0.1) is 18.2 Å².